The molecule has 3 amide bonds. The number of hydrogen-bond acceptors (Lipinski definition) is 5. The first kappa shape index (κ1) is 24.0. The van der Waals surface area contributed by atoms with Crippen LogP contribution in [-0.2, 0) is 19.1 Å². The SMILES string of the molecule is CCCC(C)N1CC=C[C@]23O[C@H]4C=CCN(C)C(=O)[C@H]4[C@H]2C(=O)N([C@@H](CO)C(C)C)C3C1=O. The molecule has 2 saturated heterocycles. The van der Waals surface area contributed by atoms with Crippen molar-refractivity contribution in [3.8, 4) is 0 Å². The normalized spacial score (nSPS) is 35.5. The fraction of sp³-hybridized carbons (Fsp3) is 0.720. The van der Waals surface area contributed by atoms with E-state index in [9.17, 15) is 19.5 Å². The molecule has 33 heavy (non-hydrogen) atoms. The quantitative estimate of drug-likeness (QED) is 0.603. The molecule has 1 spiro atoms. The third kappa shape index (κ3) is 3.53. The predicted octanol–water partition coefficient (Wildman–Crippen LogP) is 1.20. The second-order valence-corrected chi connectivity index (χ2v) is 10.3. The Labute approximate surface area is 196 Å². The number of hydrogen-bond donors (Lipinski definition) is 1. The van der Waals surface area contributed by atoms with E-state index < -0.39 is 35.6 Å². The molecule has 7 atom stereocenters. The Morgan fingerprint density at radius 2 is 1.85 bits per heavy atom. The van der Waals surface area contributed by atoms with Crippen LogP contribution in [0.2, 0.25) is 0 Å². The fourth-order valence-corrected chi connectivity index (χ4v) is 6.17. The van der Waals surface area contributed by atoms with Gasteiger partial charge in [0.2, 0.25) is 17.7 Å². The molecule has 0 aromatic rings. The van der Waals surface area contributed by atoms with Crippen LogP contribution in [0, 0.1) is 17.8 Å². The van der Waals surface area contributed by atoms with Crippen LogP contribution in [-0.4, -0.2) is 94.1 Å². The molecule has 0 aromatic carbocycles. The van der Waals surface area contributed by atoms with E-state index in [1.165, 1.54) is 0 Å². The van der Waals surface area contributed by atoms with Crippen molar-refractivity contribution in [2.24, 2.45) is 17.8 Å². The number of amides is 3. The maximum Gasteiger partial charge on any atom is 0.249 e. The van der Waals surface area contributed by atoms with Gasteiger partial charge in [-0.3, -0.25) is 14.4 Å². The van der Waals surface area contributed by atoms with Crippen molar-refractivity contribution in [3.05, 3.63) is 24.3 Å². The van der Waals surface area contributed by atoms with Crippen LogP contribution in [0.25, 0.3) is 0 Å². The molecule has 8 heteroatoms. The van der Waals surface area contributed by atoms with E-state index in [0.717, 1.165) is 12.8 Å². The number of aliphatic hydroxyl groups excluding tert-OH is 1. The molecular formula is C25H37N3O5. The molecule has 2 unspecified atom stereocenters. The van der Waals surface area contributed by atoms with Gasteiger partial charge in [0.25, 0.3) is 0 Å². The third-order valence-electron chi connectivity index (χ3n) is 7.88. The van der Waals surface area contributed by atoms with E-state index in [0.29, 0.717) is 13.1 Å². The van der Waals surface area contributed by atoms with Crippen LogP contribution in [0.4, 0.5) is 0 Å². The minimum absolute atomic E-state index is 0.00414. The summed E-state index contributed by atoms with van der Waals surface area (Å²) in [5.41, 5.74) is -1.23. The van der Waals surface area contributed by atoms with Gasteiger partial charge in [-0.15, -0.1) is 0 Å². The molecule has 4 heterocycles. The summed E-state index contributed by atoms with van der Waals surface area (Å²) in [6.45, 7) is 8.60. The molecule has 2 fully saturated rings. The largest absolute Gasteiger partial charge is 0.394 e. The average Bonchev–Trinajstić information content (AvgIpc) is 3.08. The Hall–Kier alpha value is -2.19. The lowest BCUT2D eigenvalue weighted by Gasteiger charge is -2.41. The number of carbonyl (C=O) groups excluding carboxylic acids is 3. The zero-order chi connectivity index (χ0) is 24.1. The number of rotatable bonds is 6. The predicted molar refractivity (Wildman–Crippen MR) is 123 cm³/mol. The molecule has 4 aliphatic heterocycles. The van der Waals surface area contributed by atoms with Crippen molar-refractivity contribution >= 4 is 17.7 Å². The molecule has 0 aliphatic carbocycles. The zero-order valence-corrected chi connectivity index (χ0v) is 20.3. The second kappa shape index (κ2) is 8.87. The van der Waals surface area contributed by atoms with E-state index in [2.05, 4.69) is 6.92 Å². The summed E-state index contributed by atoms with van der Waals surface area (Å²) in [6.07, 6.45) is 8.75. The van der Waals surface area contributed by atoms with Gasteiger partial charge >= 0.3 is 0 Å². The Kier molecular flexibility index (Phi) is 6.44. The average molecular weight is 460 g/mol. The van der Waals surface area contributed by atoms with Gasteiger partial charge in [-0.2, -0.15) is 0 Å². The van der Waals surface area contributed by atoms with Gasteiger partial charge in [-0.1, -0.05) is 51.5 Å². The number of nitrogens with zero attached hydrogens (tertiary/aromatic N) is 3. The van der Waals surface area contributed by atoms with Crippen molar-refractivity contribution in [3.63, 3.8) is 0 Å². The fourth-order valence-electron chi connectivity index (χ4n) is 6.17. The van der Waals surface area contributed by atoms with Gasteiger partial charge in [0.05, 0.1) is 30.6 Å². The second-order valence-electron chi connectivity index (χ2n) is 10.3. The highest BCUT2D eigenvalue weighted by Crippen LogP contribution is 2.54. The molecule has 0 aromatic heterocycles. The number of likely N-dealkylation sites (tertiary alicyclic amines) is 1. The highest BCUT2D eigenvalue weighted by atomic mass is 16.5. The van der Waals surface area contributed by atoms with Crippen LogP contribution in [0.1, 0.15) is 40.5 Å². The zero-order valence-electron chi connectivity index (χ0n) is 20.3. The summed E-state index contributed by atoms with van der Waals surface area (Å²) in [7, 11) is 1.72. The van der Waals surface area contributed by atoms with Crippen LogP contribution in [0.3, 0.4) is 0 Å². The Bertz CT molecular complexity index is 870. The van der Waals surface area contributed by atoms with Gasteiger partial charge in [-0.25, -0.2) is 0 Å². The third-order valence-corrected chi connectivity index (χ3v) is 7.88. The first-order valence-electron chi connectivity index (χ1n) is 12.2. The molecule has 0 radical (unpaired) electrons. The standard InChI is InChI=1S/C25H37N3O5/c1-6-9-16(4)27-13-8-11-25-20(19-18(33-25)10-7-12-26(5)22(19)30)23(31)28(21(25)24(27)32)17(14-29)15(2)3/h7-8,10-11,15-21,29H,6,9,12-14H2,1-5H3/t16?,17-,18-,19+,20-,21?,25-/m0/s1. The first-order valence-corrected chi connectivity index (χ1v) is 12.2. The summed E-state index contributed by atoms with van der Waals surface area (Å²) in [5.74, 6) is -2.17. The van der Waals surface area contributed by atoms with Crippen molar-refractivity contribution < 1.29 is 24.2 Å². The van der Waals surface area contributed by atoms with Crippen molar-refractivity contribution in [1.82, 2.24) is 14.7 Å². The van der Waals surface area contributed by atoms with E-state index in [1.807, 2.05) is 50.0 Å². The number of fused-ring (bicyclic) bond motifs is 2. The van der Waals surface area contributed by atoms with Crippen LogP contribution in [0.5, 0.6) is 0 Å². The molecular weight excluding hydrogens is 422 g/mol. The van der Waals surface area contributed by atoms with E-state index in [1.54, 1.807) is 16.8 Å². The minimum Gasteiger partial charge on any atom is -0.394 e. The number of aliphatic hydroxyl groups is 1. The maximum atomic E-state index is 14.1. The van der Waals surface area contributed by atoms with Gasteiger partial charge in [-0.05, 0) is 19.3 Å². The van der Waals surface area contributed by atoms with Crippen molar-refractivity contribution in [1.29, 1.82) is 0 Å². The van der Waals surface area contributed by atoms with Crippen LogP contribution in [0.15, 0.2) is 24.3 Å². The Morgan fingerprint density at radius 3 is 2.48 bits per heavy atom. The molecule has 4 rings (SSSR count). The summed E-state index contributed by atoms with van der Waals surface area (Å²) in [4.78, 5) is 46.5. The lowest BCUT2D eigenvalue weighted by molar-refractivity contribution is -0.153. The Balaban J connectivity index is 1.86. The van der Waals surface area contributed by atoms with Gasteiger partial charge in [0, 0.05) is 26.2 Å². The Morgan fingerprint density at radius 1 is 1.12 bits per heavy atom. The molecule has 4 aliphatic rings. The highest BCUT2D eigenvalue weighted by molar-refractivity contribution is 6.00. The number of likely N-dealkylation sites (N-methyl/N-ethyl adjacent to an activating group) is 1. The van der Waals surface area contributed by atoms with E-state index >= 15 is 0 Å². The molecule has 182 valence electrons. The minimum atomic E-state index is -1.23. The van der Waals surface area contributed by atoms with Crippen molar-refractivity contribution in [2.75, 3.05) is 26.7 Å². The van der Waals surface area contributed by atoms with Gasteiger partial charge < -0.3 is 24.5 Å². The monoisotopic (exact) mass is 459 g/mol. The number of ether oxygens (including phenoxy) is 1. The maximum absolute atomic E-state index is 14.1. The van der Waals surface area contributed by atoms with Gasteiger partial charge in [0.1, 0.15) is 11.6 Å². The molecule has 1 N–H and O–H groups in total. The van der Waals surface area contributed by atoms with Crippen LogP contribution >= 0.6 is 0 Å². The molecule has 8 nitrogen and oxygen atoms in total. The van der Waals surface area contributed by atoms with E-state index in [4.69, 9.17) is 4.74 Å². The van der Waals surface area contributed by atoms with Crippen molar-refractivity contribution in [2.45, 2.75) is 70.4 Å². The van der Waals surface area contributed by atoms with Gasteiger partial charge in [0.15, 0.2) is 0 Å². The topological polar surface area (TPSA) is 90.4 Å². The summed E-state index contributed by atoms with van der Waals surface area (Å²) >= 11 is 0. The highest BCUT2D eigenvalue weighted by Gasteiger charge is 2.72. The first-order chi connectivity index (χ1) is 15.7. The smallest absolute Gasteiger partial charge is 0.249 e. The molecule has 0 saturated carbocycles. The number of carbonyl (C=O) groups is 3. The molecule has 0 bridgehead atoms. The summed E-state index contributed by atoms with van der Waals surface area (Å²) in [5, 5.41) is 10.2. The summed E-state index contributed by atoms with van der Waals surface area (Å²) < 4.78 is 6.58. The lowest BCUT2D eigenvalue weighted by Crippen LogP contribution is -2.60. The lowest BCUT2D eigenvalue weighted by atomic mass is 9.77. The van der Waals surface area contributed by atoms with E-state index in [-0.39, 0.29) is 36.3 Å². The van der Waals surface area contributed by atoms with Crippen LogP contribution < -0.4 is 0 Å². The summed E-state index contributed by atoms with van der Waals surface area (Å²) in [6, 6.07) is -1.45.